The van der Waals surface area contributed by atoms with Crippen LogP contribution in [0.3, 0.4) is 0 Å². The Morgan fingerprint density at radius 2 is 1.69 bits per heavy atom. The molecule has 0 aliphatic carbocycles. The van der Waals surface area contributed by atoms with Crippen LogP contribution in [0.4, 0.5) is 5.13 Å². The molecule has 0 unspecified atom stereocenters. The number of carbonyl (C=O) groups is 2. The van der Waals surface area contributed by atoms with Gasteiger partial charge in [-0.1, -0.05) is 11.3 Å². The fraction of sp³-hybridized carbons (Fsp3) is 0.333. The van der Waals surface area contributed by atoms with Gasteiger partial charge in [-0.2, -0.15) is 11.3 Å². The average molecular weight is 450 g/mol. The highest BCUT2D eigenvalue weighted by Crippen LogP contribution is 2.29. The summed E-state index contributed by atoms with van der Waals surface area (Å²) >= 11 is 4.19. The van der Waals surface area contributed by atoms with E-state index in [2.05, 4.69) is 25.7 Å². The smallest absolute Gasteiger partial charge is 0.281 e. The molecule has 4 heterocycles. The summed E-state index contributed by atoms with van der Waals surface area (Å²) in [6, 6.07) is 1.96. The molecule has 3 aromatic heterocycles. The minimum Gasteiger partial charge on any atom is -0.378 e. The number of thiazole rings is 2. The molecule has 11 heteroatoms. The number of carbonyl (C=O) groups excluding carboxylic acids is 2. The molecule has 0 spiro atoms. The molecule has 152 valence electrons. The molecule has 29 heavy (non-hydrogen) atoms. The fourth-order valence-electron chi connectivity index (χ4n) is 2.83. The van der Waals surface area contributed by atoms with Crippen molar-refractivity contribution in [3.8, 4) is 10.6 Å². The third-order valence-electron chi connectivity index (χ3n) is 4.33. The zero-order chi connectivity index (χ0) is 20.4. The van der Waals surface area contributed by atoms with E-state index in [0.29, 0.717) is 34.4 Å². The van der Waals surface area contributed by atoms with Crippen LogP contribution in [0.25, 0.3) is 10.6 Å². The van der Waals surface area contributed by atoms with E-state index in [4.69, 9.17) is 4.74 Å². The number of rotatable bonds is 4. The largest absolute Gasteiger partial charge is 0.378 e. The normalized spacial score (nSPS) is 14.1. The van der Waals surface area contributed by atoms with Crippen molar-refractivity contribution in [2.45, 2.75) is 13.8 Å². The van der Waals surface area contributed by atoms with Gasteiger partial charge in [-0.3, -0.25) is 20.4 Å². The summed E-state index contributed by atoms with van der Waals surface area (Å²) in [5, 5.41) is 5.53. The first-order valence-electron chi connectivity index (χ1n) is 8.93. The Labute approximate surface area is 179 Å². The summed E-state index contributed by atoms with van der Waals surface area (Å²) in [6.07, 6.45) is 0. The highest BCUT2D eigenvalue weighted by molar-refractivity contribution is 7.18. The van der Waals surface area contributed by atoms with Crippen LogP contribution in [-0.4, -0.2) is 48.1 Å². The van der Waals surface area contributed by atoms with Gasteiger partial charge in [0.15, 0.2) is 5.13 Å². The van der Waals surface area contributed by atoms with Crippen LogP contribution in [0.1, 0.15) is 30.7 Å². The van der Waals surface area contributed by atoms with Crippen molar-refractivity contribution < 1.29 is 14.3 Å². The second-order valence-corrected chi connectivity index (χ2v) is 9.12. The molecule has 0 aromatic carbocycles. The van der Waals surface area contributed by atoms with E-state index in [-0.39, 0.29) is 11.8 Å². The monoisotopic (exact) mass is 449 g/mol. The summed E-state index contributed by atoms with van der Waals surface area (Å²) in [5.41, 5.74) is 7.24. The first-order chi connectivity index (χ1) is 14.0. The highest BCUT2D eigenvalue weighted by atomic mass is 32.1. The lowest BCUT2D eigenvalue weighted by Gasteiger charge is -2.25. The van der Waals surface area contributed by atoms with Gasteiger partial charge in [0, 0.05) is 24.0 Å². The van der Waals surface area contributed by atoms with E-state index >= 15 is 0 Å². The number of aromatic nitrogens is 2. The Morgan fingerprint density at radius 3 is 2.34 bits per heavy atom. The van der Waals surface area contributed by atoms with Crippen molar-refractivity contribution >= 4 is 51.0 Å². The third kappa shape index (κ3) is 4.32. The number of ether oxygens (including phenoxy) is 1. The molecule has 0 bridgehead atoms. The van der Waals surface area contributed by atoms with Crippen LogP contribution < -0.4 is 15.8 Å². The number of thiophene rings is 1. The van der Waals surface area contributed by atoms with Crippen molar-refractivity contribution in [3.05, 3.63) is 38.0 Å². The Balaban J connectivity index is 1.41. The van der Waals surface area contributed by atoms with Gasteiger partial charge in [-0.05, 0) is 25.3 Å². The number of morpholine rings is 1. The van der Waals surface area contributed by atoms with Gasteiger partial charge < -0.3 is 9.64 Å². The molecular formula is C18H19N5O3S3. The van der Waals surface area contributed by atoms with Gasteiger partial charge in [-0.15, -0.1) is 11.3 Å². The molecule has 0 radical (unpaired) electrons. The Bertz CT molecular complexity index is 1020. The first-order valence-corrected chi connectivity index (χ1v) is 11.5. The molecule has 2 amide bonds. The van der Waals surface area contributed by atoms with E-state index in [1.807, 2.05) is 16.8 Å². The molecular weight excluding hydrogens is 430 g/mol. The van der Waals surface area contributed by atoms with Crippen molar-refractivity contribution in [1.82, 2.24) is 20.8 Å². The molecule has 1 aliphatic heterocycles. The lowest BCUT2D eigenvalue weighted by Crippen LogP contribution is -2.41. The molecule has 1 aliphatic rings. The zero-order valence-corrected chi connectivity index (χ0v) is 18.3. The maximum Gasteiger partial charge on any atom is 0.281 e. The summed E-state index contributed by atoms with van der Waals surface area (Å²) in [4.78, 5) is 37.1. The fourth-order valence-corrected chi connectivity index (χ4v) is 5.51. The Kier molecular flexibility index (Phi) is 5.90. The second kappa shape index (κ2) is 8.57. The van der Waals surface area contributed by atoms with Gasteiger partial charge in [0.2, 0.25) is 0 Å². The van der Waals surface area contributed by atoms with E-state index in [0.717, 1.165) is 28.8 Å². The number of aryl methyl sites for hydroxylation is 2. The highest BCUT2D eigenvalue weighted by Gasteiger charge is 2.22. The lowest BCUT2D eigenvalue weighted by molar-refractivity contribution is 0.0850. The van der Waals surface area contributed by atoms with Gasteiger partial charge in [0.05, 0.1) is 24.6 Å². The number of hydrogen-bond donors (Lipinski definition) is 2. The standard InChI is InChI=1S/C18H19N5O3S3/c1-10-13(28-17(19-10)12-3-8-27-9-12)15(24)21-22-16(25)14-11(2)20-18(29-14)23-4-6-26-7-5-23/h3,8-9H,4-7H2,1-2H3,(H,21,24)(H,22,25). The van der Waals surface area contributed by atoms with E-state index in [1.54, 1.807) is 25.2 Å². The third-order valence-corrected chi connectivity index (χ3v) is 7.44. The number of anilines is 1. The van der Waals surface area contributed by atoms with Crippen molar-refractivity contribution in [3.63, 3.8) is 0 Å². The molecule has 2 N–H and O–H groups in total. The quantitative estimate of drug-likeness (QED) is 0.595. The van der Waals surface area contributed by atoms with E-state index < -0.39 is 0 Å². The first kappa shape index (κ1) is 20.0. The van der Waals surface area contributed by atoms with Gasteiger partial charge >= 0.3 is 0 Å². The topological polar surface area (TPSA) is 96.5 Å². The molecule has 0 saturated carbocycles. The van der Waals surface area contributed by atoms with Crippen LogP contribution in [0.15, 0.2) is 16.8 Å². The maximum absolute atomic E-state index is 12.6. The average Bonchev–Trinajstić information content (AvgIpc) is 3.46. The summed E-state index contributed by atoms with van der Waals surface area (Å²) in [6.45, 7) is 6.38. The minimum absolute atomic E-state index is 0.381. The summed E-state index contributed by atoms with van der Waals surface area (Å²) in [7, 11) is 0. The van der Waals surface area contributed by atoms with Crippen molar-refractivity contribution in [1.29, 1.82) is 0 Å². The number of hydrogen-bond acceptors (Lipinski definition) is 9. The van der Waals surface area contributed by atoms with Gasteiger partial charge in [0.25, 0.3) is 11.8 Å². The predicted octanol–water partition coefficient (Wildman–Crippen LogP) is 2.86. The minimum atomic E-state index is -0.384. The molecule has 8 nitrogen and oxygen atoms in total. The molecule has 1 saturated heterocycles. The van der Waals surface area contributed by atoms with Gasteiger partial charge in [0.1, 0.15) is 14.8 Å². The van der Waals surface area contributed by atoms with Crippen LogP contribution in [0.5, 0.6) is 0 Å². The number of hydrazine groups is 1. The summed E-state index contributed by atoms with van der Waals surface area (Å²) < 4.78 is 5.35. The number of nitrogens with zero attached hydrogens (tertiary/aromatic N) is 3. The molecule has 3 aromatic rings. The SMILES string of the molecule is Cc1nc(-c2ccsc2)sc1C(=O)NNC(=O)c1sc(N2CCOCC2)nc1C. The Morgan fingerprint density at radius 1 is 1.03 bits per heavy atom. The van der Waals surface area contributed by atoms with Crippen LogP contribution >= 0.6 is 34.0 Å². The maximum atomic E-state index is 12.6. The number of nitrogens with one attached hydrogen (secondary N) is 2. The molecule has 4 rings (SSSR count). The predicted molar refractivity (Wildman–Crippen MR) is 115 cm³/mol. The van der Waals surface area contributed by atoms with Crippen LogP contribution in [-0.2, 0) is 4.74 Å². The second-order valence-electron chi connectivity index (χ2n) is 6.36. The Hall–Kier alpha value is -2.34. The van der Waals surface area contributed by atoms with Crippen molar-refractivity contribution in [2.75, 3.05) is 31.2 Å². The summed E-state index contributed by atoms with van der Waals surface area (Å²) in [5.74, 6) is -0.765. The van der Waals surface area contributed by atoms with E-state index in [9.17, 15) is 9.59 Å². The lowest BCUT2D eigenvalue weighted by atomic mass is 10.3. The molecule has 1 fully saturated rings. The number of amides is 2. The van der Waals surface area contributed by atoms with Crippen LogP contribution in [0.2, 0.25) is 0 Å². The zero-order valence-electron chi connectivity index (χ0n) is 15.9. The van der Waals surface area contributed by atoms with E-state index in [1.165, 1.54) is 22.7 Å². The molecule has 0 atom stereocenters. The van der Waals surface area contributed by atoms with Crippen molar-refractivity contribution in [2.24, 2.45) is 0 Å². The van der Waals surface area contributed by atoms with Crippen LogP contribution in [0, 0.1) is 13.8 Å². The van der Waals surface area contributed by atoms with Gasteiger partial charge in [-0.25, -0.2) is 9.97 Å².